The fourth-order valence-corrected chi connectivity index (χ4v) is 1.77. The van der Waals surface area contributed by atoms with Crippen LogP contribution in [0.3, 0.4) is 0 Å². The van der Waals surface area contributed by atoms with Crippen LogP contribution in [0, 0.1) is 22.7 Å². The normalized spacial score (nSPS) is 11.5. The predicted octanol–water partition coefficient (Wildman–Crippen LogP) is 2.84. The fraction of sp³-hybridized carbons (Fsp3) is 0.0588. The highest BCUT2D eigenvalue weighted by Gasteiger charge is 2.18. The summed E-state index contributed by atoms with van der Waals surface area (Å²) in [5, 5.41) is 17.8. The molecule has 21 heavy (non-hydrogen) atoms. The van der Waals surface area contributed by atoms with Crippen molar-refractivity contribution >= 4 is 11.9 Å². The summed E-state index contributed by atoms with van der Waals surface area (Å²) in [4.78, 5) is 16.1. The minimum absolute atomic E-state index is 0.319. The van der Waals surface area contributed by atoms with E-state index in [2.05, 4.69) is 4.98 Å². The van der Waals surface area contributed by atoms with Crippen molar-refractivity contribution in [2.45, 2.75) is 5.92 Å². The number of ketones is 1. The minimum atomic E-state index is -0.902. The zero-order valence-electron chi connectivity index (χ0n) is 11.1. The first-order chi connectivity index (χ1) is 10.2. The standard InChI is InChI=1S/C17H11N3O/c18-11-14-6-4-13(5-7-14)8-9-17(21)15(12-19)16-3-1-2-10-20-16/h1-10,15H/b9-8-/t15-/m0/s1. The monoisotopic (exact) mass is 273 g/mol. The van der Waals surface area contributed by atoms with Gasteiger partial charge >= 0.3 is 0 Å². The van der Waals surface area contributed by atoms with Crippen molar-refractivity contribution < 1.29 is 4.79 Å². The van der Waals surface area contributed by atoms with Gasteiger partial charge in [-0.05, 0) is 35.9 Å². The predicted molar refractivity (Wildman–Crippen MR) is 77.8 cm³/mol. The van der Waals surface area contributed by atoms with Crippen molar-refractivity contribution in [3.63, 3.8) is 0 Å². The number of carbonyl (C=O) groups excluding carboxylic acids is 1. The number of hydrogen-bond acceptors (Lipinski definition) is 4. The molecule has 0 N–H and O–H groups in total. The zero-order chi connectivity index (χ0) is 15.1. The van der Waals surface area contributed by atoms with Crippen molar-refractivity contribution in [1.29, 1.82) is 10.5 Å². The average molecular weight is 273 g/mol. The largest absolute Gasteiger partial charge is 0.293 e. The van der Waals surface area contributed by atoms with Gasteiger partial charge in [0, 0.05) is 6.20 Å². The van der Waals surface area contributed by atoms with Gasteiger partial charge in [-0.15, -0.1) is 0 Å². The lowest BCUT2D eigenvalue weighted by Crippen LogP contribution is -2.09. The highest BCUT2D eigenvalue weighted by molar-refractivity contribution is 6.00. The summed E-state index contributed by atoms with van der Waals surface area (Å²) in [6.45, 7) is 0. The van der Waals surface area contributed by atoms with E-state index in [1.165, 1.54) is 6.08 Å². The molecule has 4 heteroatoms. The topological polar surface area (TPSA) is 77.5 Å². The van der Waals surface area contributed by atoms with Crippen LogP contribution in [0.25, 0.3) is 6.08 Å². The number of nitrogens with zero attached hydrogens (tertiary/aromatic N) is 3. The lowest BCUT2D eigenvalue weighted by atomic mass is 10.00. The summed E-state index contributed by atoms with van der Waals surface area (Å²) in [5.41, 5.74) is 1.79. The molecule has 4 nitrogen and oxygen atoms in total. The summed E-state index contributed by atoms with van der Waals surface area (Å²) in [5.74, 6) is -1.22. The number of nitriles is 2. The summed E-state index contributed by atoms with van der Waals surface area (Å²) in [7, 11) is 0. The van der Waals surface area contributed by atoms with Gasteiger partial charge in [0.15, 0.2) is 11.7 Å². The molecule has 0 saturated carbocycles. The first-order valence-electron chi connectivity index (χ1n) is 6.27. The second kappa shape index (κ2) is 6.79. The van der Waals surface area contributed by atoms with Gasteiger partial charge in [0.25, 0.3) is 0 Å². The number of rotatable bonds is 4. The number of benzene rings is 1. The molecule has 0 aliphatic rings. The van der Waals surface area contributed by atoms with Crippen molar-refractivity contribution in [3.05, 3.63) is 71.6 Å². The van der Waals surface area contributed by atoms with Crippen LogP contribution in [-0.4, -0.2) is 10.8 Å². The van der Waals surface area contributed by atoms with Gasteiger partial charge in [0.05, 0.1) is 23.4 Å². The lowest BCUT2D eigenvalue weighted by Gasteiger charge is -2.03. The lowest BCUT2D eigenvalue weighted by molar-refractivity contribution is -0.114. The summed E-state index contributed by atoms with van der Waals surface area (Å²) >= 11 is 0. The van der Waals surface area contributed by atoms with Gasteiger partial charge in [-0.3, -0.25) is 9.78 Å². The maximum Gasteiger partial charge on any atom is 0.178 e. The Bertz CT molecular complexity index is 734. The Labute approximate surface area is 122 Å². The summed E-state index contributed by atoms with van der Waals surface area (Å²) < 4.78 is 0. The molecule has 0 bridgehead atoms. The molecular weight excluding hydrogens is 262 g/mol. The number of hydrogen-bond donors (Lipinski definition) is 0. The smallest absolute Gasteiger partial charge is 0.178 e. The molecule has 2 aromatic rings. The van der Waals surface area contributed by atoms with Crippen LogP contribution < -0.4 is 0 Å². The van der Waals surface area contributed by atoms with Crippen molar-refractivity contribution in [2.75, 3.05) is 0 Å². The van der Waals surface area contributed by atoms with Crippen LogP contribution in [0.1, 0.15) is 22.7 Å². The molecule has 1 heterocycles. The van der Waals surface area contributed by atoms with E-state index in [9.17, 15) is 4.79 Å². The van der Waals surface area contributed by atoms with E-state index >= 15 is 0 Å². The van der Waals surface area contributed by atoms with E-state index in [4.69, 9.17) is 10.5 Å². The van der Waals surface area contributed by atoms with Gasteiger partial charge < -0.3 is 0 Å². The first kappa shape index (κ1) is 14.2. The van der Waals surface area contributed by atoms with Gasteiger partial charge in [-0.1, -0.05) is 24.3 Å². The Kier molecular flexibility index (Phi) is 4.58. The molecule has 1 aromatic carbocycles. The number of allylic oxidation sites excluding steroid dienone is 1. The zero-order valence-corrected chi connectivity index (χ0v) is 11.1. The number of pyridine rings is 1. The van der Waals surface area contributed by atoms with Gasteiger partial charge in [-0.25, -0.2) is 0 Å². The maximum atomic E-state index is 12.1. The van der Waals surface area contributed by atoms with E-state index < -0.39 is 5.92 Å². The molecule has 0 saturated heterocycles. The summed E-state index contributed by atoms with van der Waals surface area (Å²) in [6, 6.07) is 15.9. The molecule has 1 atom stereocenters. The summed E-state index contributed by atoms with van der Waals surface area (Å²) in [6.07, 6.45) is 4.54. The molecular formula is C17H11N3O. The average Bonchev–Trinajstić information content (AvgIpc) is 2.55. The molecule has 0 aliphatic carbocycles. The SMILES string of the molecule is N#Cc1ccc(/C=C\C(=O)[C@@H](C#N)c2ccccn2)cc1. The van der Waals surface area contributed by atoms with E-state index in [0.717, 1.165) is 5.56 Å². The van der Waals surface area contributed by atoms with E-state index in [1.54, 1.807) is 54.7 Å². The number of carbonyl (C=O) groups is 1. The van der Waals surface area contributed by atoms with Crippen LogP contribution in [0.2, 0.25) is 0 Å². The van der Waals surface area contributed by atoms with Crippen LogP contribution in [0.4, 0.5) is 0 Å². The number of aromatic nitrogens is 1. The van der Waals surface area contributed by atoms with Crippen LogP contribution in [0.5, 0.6) is 0 Å². The molecule has 0 spiro atoms. The quantitative estimate of drug-likeness (QED) is 0.802. The van der Waals surface area contributed by atoms with Crippen LogP contribution in [-0.2, 0) is 4.79 Å². The molecule has 100 valence electrons. The first-order valence-corrected chi connectivity index (χ1v) is 6.27. The Morgan fingerprint density at radius 2 is 1.90 bits per heavy atom. The molecule has 1 aromatic heterocycles. The third-order valence-electron chi connectivity index (χ3n) is 2.88. The van der Waals surface area contributed by atoms with Crippen LogP contribution in [0.15, 0.2) is 54.7 Å². The van der Waals surface area contributed by atoms with Gasteiger partial charge in [-0.2, -0.15) is 10.5 Å². The molecule has 0 amide bonds. The third kappa shape index (κ3) is 3.62. The Hall–Kier alpha value is -3.24. The molecule has 2 rings (SSSR count). The highest BCUT2D eigenvalue weighted by atomic mass is 16.1. The van der Waals surface area contributed by atoms with E-state index in [1.807, 2.05) is 12.1 Å². The molecule has 0 aliphatic heterocycles. The van der Waals surface area contributed by atoms with Crippen molar-refractivity contribution in [2.24, 2.45) is 0 Å². The van der Waals surface area contributed by atoms with Crippen molar-refractivity contribution in [3.8, 4) is 12.1 Å². The van der Waals surface area contributed by atoms with E-state index in [-0.39, 0.29) is 5.78 Å². The third-order valence-corrected chi connectivity index (χ3v) is 2.88. The fourth-order valence-electron chi connectivity index (χ4n) is 1.77. The van der Waals surface area contributed by atoms with Crippen LogP contribution >= 0.6 is 0 Å². The maximum absolute atomic E-state index is 12.1. The van der Waals surface area contributed by atoms with Crippen molar-refractivity contribution in [1.82, 2.24) is 4.98 Å². The Morgan fingerprint density at radius 3 is 2.48 bits per heavy atom. The van der Waals surface area contributed by atoms with Gasteiger partial charge in [0.1, 0.15) is 0 Å². The minimum Gasteiger partial charge on any atom is -0.293 e. The van der Waals surface area contributed by atoms with Gasteiger partial charge in [0.2, 0.25) is 0 Å². The second-order valence-corrected chi connectivity index (χ2v) is 4.29. The Morgan fingerprint density at radius 1 is 1.14 bits per heavy atom. The highest BCUT2D eigenvalue weighted by Crippen LogP contribution is 2.14. The Balaban J connectivity index is 2.14. The second-order valence-electron chi connectivity index (χ2n) is 4.29. The molecule has 0 radical (unpaired) electrons. The molecule has 0 fully saturated rings. The van der Waals surface area contributed by atoms with E-state index in [0.29, 0.717) is 11.3 Å². The molecule has 0 unspecified atom stereocenters.